The standard InChI is InChI=1S/C13H18BrNO2/c1-3-5-15-12-4-6-17-13-10(12)7-9(16-2)8-11(13)14/h7-8,12,15H,3-6H2,1-2H3. The van der Waals surface area contributed by atoms with Crippen LogP contribution < -0.4 is 14.8 Å². The lowest BCUT2D eigenvalue weighted by Gasteiger charge is -2.28. The van der Waals surface area contributed by atoms with Gasteiger partial charge in [0.2, 0.25) is 0 Å². The molecule has 0 aromatic heterocycles. The topological polar surface area (TPSA) is 30.5 Å². The van der Waals surface area contributed by atoms with Crippen LogP contribution in [0.15, 0.2) is 16.6 Å². The van der Waals surface area contributed by atoms with Crippen LogP contribution in [0.5, 0.6) is 11.5 Å². The van der Waals surface area contributed by atoms with Crippen molar-refractivity contribution in [3.05, 3.63) is 22.2 Å². The van der Waals surface area contributed by atoms with Gasteiger partial charge in [-0.3, -0.25) is 0 Å². The van der Waals surface area contributed by atoms with Crippen LogP contribution in [0.2, 0.25) is 0 Å². The summed E-state index contributed by atoms with van der Waals surface area (Å²) in [5.74, 6) is 1.81. The first kappa shape index (κ1) is 12.7. The van der Waals surface area contributed by atoms with Gasteiger partial charge in [0.1, 0.15) is 11.5 Å². The number of hydrogen-bond donors (Lipinski definition) is 1. The highest BCUT2D eigenvalue weighted by Gasteiger charge is 2.23. The van der Waals surface area contributed by atoms with Gasteiger partial charge in [0, 0.05) is 18.0 Å². The van der Waals surface area contributed by atoms with E-state index in [1.54, 1.807) is 7.11 Å². The first-order chi connectivity index (χ1) is 8.26. The average Bonchev–Trinajstić information content (AvgIpc) is 2.36. The number of methoxy groups -OCH3 is 1. The fraction of sp³-hybridized carbons (Fsp3) is 0.538. The second-order valence-electron chi connectivity index (χ2n) is 4.17. The van der Waals surface area contributed by atoms with E-state index in [9.17, 15) is 0 Å². The van der Waals surface area contributed by atoms with Crippen LogP contribution in [0.25, 0.3) is 0 Å². The third-order valence-corrected chi connectivity index (χ3v) is 3.54. The smallest absolute Gasteiger partial charge is 0.138 e. The predicted molar refractivity (Wildman–Crippen MR) is 71.8 cm³/mol. The van der Waals surface area contributed by atoms with Gasteiger partial charge in [0.25, 0.3) is 0 Å². The first-order valence-electron chi connectivity index (χ1n) is 6.00. The maximum atomic E-state index is 5.72. The summed E-state index contributed by atoms with van der Waals surface area (Å²) < 4.78 is 12.0. The van der Waals surface area contributed by atoms with Gasteiger partial charge < -0.3 is 14.8 Å². The molecule has 0 fully saturated rings. The molecule has 1 heterocycles. The molecule has 1 aliphatic rings. The maximum Gasteiger partial charge on any atom is 0.138 e. The first-order valence-corrected chi connectivity index (χ1v) is 6.79. The summed E-state index contributed by atoms with van der Waals surface area (Å²) in [7, 11) is 1.69. The summed E-state index contributed by atoms with van der Waals surface area (Å²) >= 11 is 3.54. The average molecular weight is 300 g/mol. The monoisotopic (exact) mass is 299 g/mol. The van der Waals surface area contributed by atoms with Crippen molar-refractivity contribution in [1.82, 2.24) is 5.32 Å². The van der Waals surface area contributed by atoms with Gasteiger partial charge in [-0.1, -0.05) is 6.92 Å². The molecule has 1 unspecified atom stereocenters. The molecule has 1 aromatic rings. The third kappa shape index (κ3) is 2.75. The quantitative estimate of drug-likeness (QED) is 0.925. The molecule has 0 amide bonds. The summed E-state index contributed by atoms with van der Waals surface area (Å²) in [4.78, 5) is 0. The molecule has 2 rings (SSSR count). The summed E-state index contributed by atoms with van der Waals surface area (Å²) in [5.41, 5.74) is 1.19. The Labute approximate surface area is 111 Å². The number of rotatable bonds is 4. The minimum absolute atomic E-state index is 0.366. The second-order valence-corrected chi connectivity index (χ2v) is 5.03. The summed E-state index contributed by atoms with van der Waals surface area (Å²) in [6.07, 6.45) is 2.14. The summed E-state index contributed by atoms with van der Waals surface area (Å²) in [6, 6.07) is 4.37. The lowest BCUT2D eigenvalue weighted by atomic mass is 10.00. The van der Waals surface area contributed by atoms with Crippen LogP contribution in [0.1, 0.15) is 31.4 Å². The van der Waals surface area contributed by atoms with E-state index in [0.717, 1.165) is 42.0 Å². The Kier molecular flexibility index (Phi) is 4.29. The van der Waals surface area contributed by atoms with Crippen molar-refractivity contribution >= 4 is 15.9 Å². The van der Waals surface area contributed by atoms with Crippen molar-refractivity contribution in [3.8, 4) is 11.5 Å². The van der Waals surface area contributed by atoms with E-state index in [4.69, 9.17) is 9.47 Å². The fourth-order valence-corrected chi connectivity index (χ4v) is 2.65. The van der Waals surface area contributed by atoms with Crippen LogP contribution >= 0.6 is 15.9 Å². The van der Waals surface area contributed by atoms with Gasteiger partial charge in [0.05, 0.1) is 18.2 Å². The van der Waals surface area contributed by atoms with Crippen molar-refractivity contribution in [2.45, 2.75) is 25.8 Å². The van der Waals surface area contributed by atoms with Crippen LogP contribution in [-0.2, 0) is 0 Å². The zero-order valence-corrected chi connectivity index (χ0v) is 11.8. The third-order valence-electron chi connectivity index (χ3n) is 2.95. The summed E-state index contributed by atoms with van der Waals surface area (Å²) in [5, 5.41) is 3.55. The van der Waals surface area contributed by atoms with E-state index < -0.39 is 0 Å². The fourth-order valence-electron chi connectivity index (χ4n) is 2.08. The normalized spacial score (nSPS) is 18.4. The predicted octanol–water partition coefficient (Wildman–Crippen LogP) is 3.28. The molecule has 1 aromatic carbocycles. The number of nitrogens with one attached hydrogen (secondary N) is 1. The number of halogens is 1. The molecular weight excluding hydrogens is 282 g/mol. The van der Waals surface area contributed by atoms with Gasteiger partial charge >= 0.3 is 0 Å². The molecule has 0 radical (unpaired) electrons. The van der Waals surface area contributed by atoms with Gasteiger partial charge in [-0.15, -0.1) is 0 Å². The van der Waals surface area contributed by atoms with E-state index in [2.05, 4.69) is 34.2 Å². The molecule has 0 saturated carbocycles. The largest absolute Gasteiger partial charge is 0.497 e. The molecule has 3 nitrogen and oxygen atoms in total. The van der Waals surface area contributed by atoms with Crippen molar-refractivity contribution in [3.63, 3.8) is 0 Å². The zero-order chi connectivity index (χ0) is 12.3. The molecule has 94 valence electrons. The van der Waals surface area contributed by atoms with Gasteiger partial charge in [-0.25, -0.2) is 0 Å². The van der Waals surface area contributed by atoms with Crippen LogP contribution in [-0.4, -0.2) is 20.3 Å². The van der Waals surface area contributed by atoms with E-state index in [1.807, 2.05) is 6.07 Å². The van der Waals surface area contributed by atoms with Crippen LogP contribution in [0.3, 0.4) is 0 Å². The lowest BCUT2D eigenvalue weighted by molar-refractivity contribution is 0.250. The molecule has 1 aliphatic heterocycles. The molecule has 0 bridgehead atoms. The van der Waals surface area contributed by atoms with E-state index in [1.165, 1.54) is 5.56 Å². The Hall–Kier alpha value is -0.740. The molecule has 0 saturated heterocycles. The Balaban J connectivity index is 2.31. The van der Waals surface area contributed by atoms with Crippen molar-refractivity contribution in [2.75, 3.05) is 20.3 Å². The van der Waals surface area contributed by atoms with Crippen molar-refractivity contribution < 1.29 is 9.47 Å². The van der Waals surface area contributed by atoms with E-state index >= 15 is 0 Å². The van der Waals surface area contributed by atoms with E-state index in [0.29, 0.717) is 6.04 Å². The molecule has 1 N–H and O–H groups in total. The minimum Gasteiger partial charge on any atom is -0.497 e. The molecule has 1 atom stereocenters. The Morgan fingerprint density at radius 3 is 3.06 bits per heavy atom. The van der Waals surface area contributed by atoms with Crippen molar-refractivity contribution in [2.24, 2.45) is 0 Å². The highest BCUT2D eigenvalue weighted by atomic mass is 79.9. The SMILES string of the molecule is CCCNC1CCOc2c(Br)cc(OC)cc21. The Morgan fingerprint density at radius 1 is 1.53 bits per heavy atom. The zero-order valence-electron chi connectivity index (χ0n) is 10.3. The minimum atomic E-state index is 0.366. The highest BCUT2D eigenvalue weighted by molar-refractivity contribution is 9.10. The van der Waals surface area contributed by atoms with Crippen LogP contribution in [0.4, 0.5) is 0 Å². The molecule has 4 heteroatoms. The van der Waals surface area contributed by atoms with Crippen molar-refractivity contribution in [1.29, 1.82) is 0 Å². The Morgan fingerprint density at radius 2 is 2.35 bits per heavy atom. The van der Waals surface area contributed by atoms with Crippen LogP contribution in [0, 0.1) is 0 Å². The molecular formula is C13H18BrNO2. The van der Waals surface area contributed by atoms with Gasteiger partial charge in [-0.05, 0) is 41.0 Å². The molecule has 0 aliphatic carbocycles. The Bertz CT molecular complexity index is 395. The number of benzene rings is 1. The van der Waals surface area contributed by atoms with Gasteiger partial charge in [0.15, 0.2) is 0 Å². The molecule has 0 spiro atoms. The number of ether oxygens (including phenoxy) is 2. The second kappa shape index (κ2) is 5.74. The number of fused-ring (bicyclic) bond motifs is 1. The number of hydrogen-bond acceptors (Lipinski definition) is 3. The highest BCUT2D eigenvalue weighted by Crippen LogP contribution is 2.40. The lowest BCUT2D eigenvalue weighted by Crippen LogP contribution is -2.27. The molecule has 17 heavy (non-hydrogen) atoms. The summed E-state index contributed by atoms with van der Waals surface area (Å²) in [6.45, 7) is 3.97. The van der Waals surface area contributed by atoms with Gasteiger partial charge in [-0.2, -0.15) is 0 Å². The van der Waals surface area contributed by atoms with E-state index in [-0.39, 0.29) is 0 Å². The maximum absolute atomic E-state index is 5.72.